The molecule has 19 heavy (non-hydrogen) atoms. The van der Waals surface area contributed by atoms with Gasteiger partial charge in [-0.25, -0.2) is 4.79 Å². The number of amides is 1. The Morgan fingerprint density at radius 3 is 2.16 bits per heavy atom. The molecule has 1 heterocycles. The summed E-state index contributed by atoms with van der Waals surface area (Å²) in [4.78, 5) is 24.3. The largest absolute Gasteiger partial charge is 0.444 e. The van der Waals surface area contributed by atoms with Crippen molar-refractivity contribution < 1.29 is 14.3 Å². The lowest BCUT2D eigenvalue weighted by Gasteiger charge is -2.45. The minimum absolute atomic E-state index is 0.190. The first kappa shape index (κ1) is 14.4. The van der Waals surface area contributed by atoms with Crippen LogP contribution in [0.4, 0.5) is 4.79 Å². The quantitative estimate of drug-likeness (QED) is 0.723. The van der Waals surface area contributed by atoms with Crippen molar-refractivity contribution in [3.63, 3.8) is 0 Å². The first-order valence-corrected chi connectivity index (χ1v) is 7.32. The van der Waals surface area contributed by atoms with Crippen LogP contribution < -0.4 is 0 Å². The van der Waals surface area contributed by atoms with Gasteiger partial charge in [-0.05, 0) is 58.3 Å². The van der Waals surface area contributed by atoms with Gasteiger partial charge in [-0.3, -0.25) is 0 Å². The maximum atomic E-state index is 11.8. The molecule has 1 saturated heterocycles. The zero-order valence-corrected chi connectivity index (χ0v) is 12.2. The summed E-state index contributed by atoms with van der Waals surface area (Å²) < 4.78 is 5.35. The highest BCUT2D eigenvalue weighted by Crippen LogP contribution is 2.37. The minimum Gasteiger partial charge on any atom is -0.444 e. The second kappa shape index (κ2) is 5.51. The van der Waals surface area contributed by atoms with Crippen LogP contribution in [0, 0.1) is 17.8 Å². The van der Waals surface area contributed by atoms with Crippen LogP contribution in [-0.4, -0.2) is 36.0 Å². The average Bonchev–Trinajstić information content (AvgIpc) is 2.25. The van der Waals surface area contributed by atoms with Gasteiger partial charge in [-0.2, -0.15) is 0 Å². The van der Waals surface area contributed by atoms with E-state index in [4.69, 9.17) is 4.74 Å². The molecule has 108 valence electrons. The standard InChI is InChI=1S/C15H25NO3/c1-15(2,3)19-14(18)16-8-13(9-16)12-6-4-11(10-17)5-7-12/h10-13H,4-9H2,1-3H3. The van der Waals surface area contributed by atoms with Crippen LogP contribution in [0.3, 0.4) is 0 Å². The molecule has 2 rings (SSSR count). The maximum absolute atomic E-state index is 11.8. The molecule has 0 atom stereocenters. The number of nitrogens with zero attached hydrogens (tertiary/aromatic N) is 1. The highest BCUT2D eigenvalue weighted by molar-refractivity contribution is 5.69. The van der Waals surface area contributed by atoms with Crippen LogP contribution in [0.15, 0.2) is 0 Å². The highest BCUT2D eigenvalue weighted by Gasteiger charge is 2.39. The van der Waals surface area contributed by atoms with Crippen LogP contribution in [0.2, 0.25) is 0 Å². The van der Waals surface area contributed by atoms with Crippen LogP contribution in [0.5, 0.6) is 0 Å². The maximum Gasteiger partial charge on any atom is 0.410 e. The fourth-order valence-corrected chi connectivity index (χ4v) is 3.04. The fourth-order valence-electron chi connectivity index (χ4n) is 3.04. The molecule has 1 aliphatic heterocycles. The Labute approximate surface area is 115 Å². The lowest BCUT2D eigenvalue weighted by atomic mass is 9.73. The Morgan fingerprint density at radius 2 is 1.68 bits per heavy atom. The van der Waals surface area contributed by atoms with E-state index in [2.05, 4.69) is 0 Å². The molecule has 0 N–H and O–H groups in total. The summed E-state index contributed by atoms with van der Waals surface area (Å²) in [5.41, 5.74) is -0.413. The zero-order chi connectivity index (χ0) is 14.0. The molecule has 1 saturated carbocycles. The summed E-state index contributed by atoms with van der Waals surface area (Å²) in [5, 5.41) is 0. The summed E-state index contributed by atoms with van der Waals surface area (Å²) in [6.07, 6.45) is 5.23. The van der Waals surface area contributed by atoms with E-state index in [1.165, 1.54) is 0 Å². The Bertz CT molecular complexity index is 334. The van der Waals surface area contributed by atoms with Crippen molar-refractivity contribution in [2.75, 3.05) is 13.1 Å². The van der Waals surface area contributed by atoms with Crippen molar-refractivity contribution in [1.29, 1.82) is 0 Å². The van der Waals surface area contributed by atoms with Gasteiger partial charge in [0.25, 0.3) is 0 Å². The van der Waals surface area contributed by atoms with E-state index in [1.807, 2.05) is 20.8 Å². The molecule has 1 amide bonds. The first-order valence-electron chi connectivity index (χ1n) is 7.32. The van der Waals surface area contributed by atoms with E-state index in [1.54, 1.807) is 4.90 Å². The van der Waals surface area contributed by atoms with Gasteiger partial charge in [0.15, 0.2) is 0 Å². The van der Waals surface area contributed by atoms with Gasteiger partial charge in [0.2, 0.25) is 0 Å². The minimum atomic E-state index is -0.413. The Kier molecular flexibility index (Phi) is 4.16. The van der Waals surface area contributed by atoms with E-state index in [0.717, 1.165) is 45.1 Å². The topological polar surface area (TPSA) is 46.6 Å². The van der Waals surface area contributed by atoms with Gasteiger partial charge in [-0.1, -0.05) is 0 Å². The summed E-state index contributed by atoms with van der Waals surface area (Å²) >= 11 is 0. The summed E-state index contributed by atoms with van der Waals surface area (Å²) in [5.74, 6) is 1.58. The van der Waals surface area contributed by atoms with Gasteiger partial charge in [0.1, 0.15) is 11.9 Å². The molecule has 4 nitrogen and oxygen atoms in total. The molecule has 2 aliphatic rings. The van der Waals surface area contributed by atoms with Gasteiger partial charge < -0.3 is 14.4 Å². The molecule has 0 aromatic heterocycles. The van der Waals surface area contributed by atoms with Crippen LogP contribution in [0.1, 0.15) is 46.5 Å². The summed E-state index contributed by atoms with van der Waals surface area (Å²) in [6, 6.07) is 0. The number of aldehydes is 1. The number of rotatable bonds is 2. The van der Waals surface area contributed by atoms with Crippen molar-refractivity contribution in [2.45, 2.75) is 52.1 Å². The molecular weight excluding hydrogens is 242 g/mol. The third-order valence-corrected chi connectivity index (χ3v) is 4.24. The summed E-state index contributed by atoms with van der Waals surface area (Å²) in [6.45, 7) is 7.32. The number of hydrogen-bond donors (Lipinski definition) is 0. The smallest absolute Gasteiger partial charge is 0.410 e. The Balaban J connectivity index is 1.72. The molecule has 0 radical (unpaired) electrons. The predicted molar refractivity (Wildman–Crippen MR) is 72.8 cm³/mol. The van der Waals surface area contributed by atoms with E-state index in [0.29, 0.717) is 11.8 Å². The van der Waals surface area contributed by atoms with Crippen LogP contribution in [0.25, 0.3) is 0 Å². The van der Waals surface area contributed by atoms with Crippen LogP contribution >= 0.6 is 0 Å². The highest BCUT2D eigenvalue weighted by atomic mass is 16.6. The van der Waals surface area contributed by atoms with Crippen molar-refractivity contribution in [2.24, 2.45) is 17.8 Å². The summed E-state index contributed by atoms with van der Waals surface area (Å²) in [7, 11) is 0. The Morgan fingerprint density at radius 1 is 1.11 bits per heavy atom. The average molecular weight is 267 g/mol. The second-order valence-electron chi connectivity index (χ2n) is 6.96. The third-order valence-electron chi connectivity index (χ3n) is 4.24. The van der Waals surface area contributed by atoms with E-state index < -0.39 is 5.60 Å². The number of ether oxygens (including phenoxy) is 1. The monoisotopic (exact) mass is 267 g/mol. The fraction of sp³-hybridized carbons (Fsp3) is 0.867. The van der Waals surface area contributed by atoms with Crippen molar-refractivity contribution >= 4 is 12.4 Å². The molecule has 0 aromatic rings. The predicted octanol–water partition coefficient (Wildman–Crippen LogP) is 2.86. The Hall–Kier alpha value is -1.06. The zero-order valence-electron chi connectivity index (χ0n) is 12.2. The number of hydrogen-bond acceptors (Lipinski definition) is 3. The first-order chi connectivity index (χ1) is 8.89. The second-order valence-corrected chi connectivity index (χ2v) is 6.96. The molecular formula is C15H25NO3. The molecule has 2 fully saturated rings. The van der Waals surface area contributed by atoms with Crippen molar-refractivity contribution in [1.82, 2.24) is 4.90 Å². The van der Waals surface area contributed by atoms with Crippen LogP contribution in [-0.2, 0) is 9.53 Å². The lowest BCUT2D eigenvalue weighted by molar-refractivity contribution is -0.112. The third kappa shape index (κ3) is 3.71. The van der Waals surface area contributed by atoms with Crippen molar-refractivity contribution in [3.05, 3.63) is 0 Å². The van der Waals surface area contributed by atoms with Gasteiger partial charge in [0, 0.05) is 19.0 Å². The van der Waals surface area contributed by atoms with Gasteiger partial charge in [-0.15, -0.1) is 0 Å². The van der Waals surface area contributed by atoms with Gasteiger partial charge >= 0.3 is 6.09 Å². The van der Waals surface area contributed by atoms with E-state index in [-0.39, 0.29) is 12.0 Å². The van der Waals surface area contributed by atoms with Crippen molar-refractivity contribution in [3.8, 4) is 0 Å². The number of carbonyl (C=O) groups is 2. The molecule has 0 unspecified atom stereocenters. The lowest BCUT2D eigenvalue weighted by Crippen LogP contribution is -2.54. The van der Waals surface area contributed by atoms with Gasteiger partial charge in [0.05, 0.1) is 0 Å². The van der Waals surface area contributed by atoms with E-state index in [9.17, 15) is 9.59 Å². The molecule has 0 bridgehead atoms. The molecule has 0 aromatic carbocycles. The SMILES string of the molecule is CC(C)(C)OC(=O)N1CC(C2CCC(C=O)CC2)C1. The van der Waals surface area contributed by atoms with E-state index >= 15 is 0 Å². The molecule has 4 heteroatoms. The molecule has 0 spiro atoms. The number of likely N-dealkylation sites (tertiary alicyclic amines) is 1. The molecule has 1 aliphatic carbocycles. The normalized spacial score (nSPS) is 28.7. The number of carbonyl (C=O) groups excluding carboxylic acids is 2.